The third-order valence-corrected chi connectivity index (χ3v) is 2.38. The van der Waals surface area contributed by atoms with Crippen LogP contribution in [0.4, 0.5) is 5.82 Å². The lowest BCUT2D eigenvalue weighted by Crippen LogP contribution is -2.07. The summed E-state index contributed by atoms with van der Waals surface area (Å²) in [5.74, 6) is -0.840. The summed E-state index contributed by atoms with van der Waals surface area (Å²) in [5.41, 5.74) is 13.0. The SMILES string of the molecule is N=[N+]=NC(=O)c1cnc(OCc2ccccc2)nc1N. The number of nitrogens with two attached hydrogens (primary N) is 1. The van der Waals surface area contributed by atoms with Crippen molar-refractivity contribution >= 4 is 11.7 Å². The molecule has 100 valence electrons. The number of amides is 1. The summed E-state index contributed by atoms with van der Waals surface area (Å²) in [6.07, 6.45) is 1.19. The summed E-state index contributed by atoms with van der Waals surface area (Å²) in [6, 6.07) is 9.54. The van der Waals surface area contributed by atoms with Crippen LogP contribution in [0, 0.1) is 5.53 Å². The number of rotatable bonds is 4. The Labute approximate surface area is 113 Å². The van der Waals surface area contributed by atoms with Crippen LogP contribution >= 0.6 is 0 Å². The molecule has 8 heteroatoms. The smallest absolute Gasteiger partial charge is 0.365 e. The Morgan fingerprint density at radius 2 is 2.15 bits per heavy atom. The molecule has 0 saturated carbocycles. The Hall–Kier alpha value is -3.12. The van der Waals surface area contributed by atoms with Gasteiger partial charge in [-0.2, -0.15) is 4.98 Å². The number of carbonyl (C=O) groups is 1. The maximum absolute atomic E-state index is 11.4. The number of hydrogen-bond acceptors (Lipinski definition) is 6. The molecule has 0 saturated heterocycles. The number of carbonyl (C=O) groups excluding carboxylic acids is 1. The Bertz CT molecular complexity index is 667. The predicted octanol–water partition coefficient (Wildman–Crippen LogP) is 1.33. The minimum absolute atomic E-state index is 0.0203. The van der Waals surface area contributed by atoms with Gasteiger partial charge in [-0.15, -0.1) is 0 Å². The van der Waals surface area contributed by atoms with Crippen molar-refractivity contribution in [1.82, 2.24) is 14.9 Å². The molecule has 0 aliphatic carbocycles. The standard InChI is InChI=1S/C12H10N6O2/c13-10-9(11(19)17-18-14)6-15-12(16-10)20-7-8-4-2-1-3-5-8/h1-6,14H,7H2,(H-,13,15,16,19)/p+1. The third kappa shape index (κ3) is 3.21. The highest BCUT2D eigenvalue weighted by molar-refractivity contribution is 5.98. The van der Waals surface area contributed by atoms with Gasteiger partial charge in [-0.3, -0.25) is 4.79 Å². The van der Waals surface area contributed by atoms with Gasteiger partial charge in [0.15, 0.2) is 0 Å². The van der Waals surface area contributed by atoms with Crippen molar-refractivity contribution < 1.29 is 9.53 Å². The Balaban J connectivity index is 2.09. The van der Waals surface area contributed by atoms with E-state index in [4.69, 9.17) is 16.0 Å². The van der Waals surface area contributed by atoms with Crippen LogP contribution in [0.3, 0.4) is 0 Å². The van der Waals surface area contributed by atoms with Gasteiger partial charge in [0.25, 0.3) is 0 Å². The lowest BCUT2D eigenvalue weighted by atomic mass is 10.2. The molecule has 0 fully saturated rings. The molecule has 0 atom stereocenters. The molecule has 0 unspecified atom stereocenters. The van der Waals surface area contributed by atoms with E-state index < -0.39 is 5.91 Å². The second-order valence-electron chi connectivity index (χ2n) is 3.73. The van der Waals surface area contributed by atoms with Gasteiger partial charge in [-0.25, -0.2) is 4.98 Å². The molecule has 2 rings (SSSR count). The van der Waals surface area contributed by atoms with Gasteiger partial charge < -0.3 is 10.5 Å². The molecule has 0 radical (unpaired) electrons. The van der Waals surface area contributed by atoms with Crippen LogP contribution in [0.5, 0.6) is 6.01 Å². The van der Waals surface area contributed by atoms with E-state index in [1.165, 1.54) is 6.20 Å². The Morgan fingerprint density at radius 3 is 2.80 bits per heavy atom. The molecule has 1 aromatic carbocycles. The number of benzene rings is 1. The lowest BCUT2D eigenvalue weighted by Gasteiger charge is -2.05. The van der Waals surface area contributed by atoms with E-state index in [-0.39, 0.29) is 17.4 Å². The van der Waals surface area contributed by atoms with Crippen LogP contribution in [0.1, 0.15) is 15.9 Å². The fourth-order valence-corrected chi connectivity index (χ4v) is 1.43. The zero-order valence-electron chi connectivity index (χ0n) is 10.4. The summed E-state index contributed by atoms with van der Waals surface area (Å²) in [5, 5.41) is 3.03. The van der Waals surface area contributed by atoms with Crippen LogP contribution in [0.15, 0.2) is 41.6 Å². The molecule has 8 nitrogen and oxygen atoms in total. The normalized spacial score (nSPS) is 9.60. The van der Waals surface area contributed by atoms with Crippen molar-refractivity contribution in [2.75, 3.05) is 5.73 Å². The molecule has 0 aliphatic rings. The first-order valence-electron chi connectivity index (χ1n) is 5.61. The molecular weight excluding hydrogens is 260 g/mol. The molecule has 1 amide bonds. The minimum Gasteiger partial charge on any atom is -0.459 e. The second kappa shape index (κ2) is 6.17. The van der Waals surface area contributed by atoms with Gasteiger partial charge in [-0.1, -0.05) is 30.3 Å². The van der Waals surface area contributed by atoms with Crippen LogP contribution < -0.4 is 15.4 Å². The zero-order chi connectivity index (χ0) is 14.4. The van der Waals surface area contributed by atoms with Crippen LogP contribution in [-0.2, 0) is 6.61 Å². The van der Waals surface area contributed by atoms with Gasteiger partial charge in [0, 0.05) is 6.20 Å². The summed E-state index contributed by atoms with van der Waals surface area (Å²) < 4.78 is 5.36. The first kappa shape index (κ1) is 13.3. The first-order valence-corrected chi connectivity index (χ1v) is 5.61. The average molecular weight is 271 g/mol. The predicted molar refractivity (Wildman–Crippen MR) is 68.8 cm³/mol. The molecule has 2 aromatic rings. The van der Waals surface area contributed by atoms with E-state index in [2.05, 4.69) is 20.0 Å². The lowest BCUT2D eigenvalue weighted by molar-refractivity contribution is 0.0992. The third-order valence-electron chi connectivity index (χ3n) is 2.38. The second-order valence-corrected chi connectivity index (χ2v) is 3.73. The van der Waals surface area contributed by atoms with Gasteiger partial charge in [0.05, 0.1) is 0 Å². The summed E-state index contributed by atoms with van der Waals surface area (Å²) >= 11 is 0. The van der Waals surface area contributed by atoms with Gasteiger partial charge in [0.2, 0.25) is 10.0 Å². The number of nitrogens with zero attached hydrogens (tertiary/aromatic N) is 4. The first-order chi connectivity index (χ1) is 9.70. The molecule has 0 spiro atoms. The molecule has 20 heavy (non-hydrogen) atoms. The number of ether oxygens (including phenoxy) is 1. The van der Waals surface area contributed by atoms with E-state index >= 15 is 0 Å². The van der Waals surface area contributed by atoms with Crippen molar-refractivity contribution in [2.45, 2.75) is 6.61 Å². The van der Waals surface area contributed by atoms with E-state index in [0.29, 0.717) is 6.61 Å². The van der Waals surface area contributed by atoms with E-state index in [1.807, 2.05) is 30.3 Å². The van der Waals surface area contributed by atoms with Crippen molar-refractivity contribution in [2.24, 2.45) is 5.11 Å². The van der Waals surface area contributed by atoms with Gasteiger partial charge in [0.1, 0.15) is 23.5 Å². The molecular formula is C12H11N6O2+. The number of anilines is 1. The summed E-state index contributed by atoms with van der Waals surface area (Å²) in [6.45, 7) is 0.292. The van der Waals surface area contributed by atoms with Gasteiger partial charge in [-0.05, 0) is 5.56 Å². The maximum Gasteiger partial charge on any atom is 0.365 e. The molecule has 0 aliphatic heterocycles. The summed E-state index contributed by atoms with van der Waals surface area (Å²) in [7, 11) is 0. The molecule has 3 N–H and O–H groups in total. The molecule has 0 bridgehead atoms. The average Bonchev–Trinajstić information content (AvgIpc) is 2.46. The van der Waals surface area contributed by atoms with E-state index in [9.17, 15) is 4.79 Å². The maximum atomic E-state index is 11.4. The minimum atomic E-state index is -0.771. The highest BCUT2D eigenvalue weighted by Gasteiger charge is 2.16. The van der Waals surface area contributed by atoms with Crippen molar-refractivity contribution in [3.63, 3.8) is 0 Å². The Kier molecular flexibility index (Phi) is 4.10. The fourth-order valence-electron chi connectivity index (χ4n) is 1.43. The van der Waals surface area contributed by atoms with Crippen molar-refractivity contribution in [1.29, 1.82) is 5.53 Å². The van der Waals surface area contributed by atoms with Crippen molar-refractivity contribution in [3.8, 4) is 6.01 Å². The largest absolute Gasteiger partial charge is 0.459 e. The van der Waals surface area contributed by atoms with Crippen LogP contribution in [0.2, 0.25) is 0 Å². The van der Waals surface area contributed by atoms with E-state index in [0.717, 1.165) is 5.56 Å². The Morgan fingerprint density at radius 1 is 1.40 bits per heavy atom. The zero-order valence-corrected chi connectivity index (χ0v) is 10.4. The number of hydrogen-bond donors (Lipinski definition) is 2. The quantitative estimate of drug-likeness (QED) is 0.640. The topological polar surface area (TPSA) is 128 Å². The van der Waals surface area contributed by atoms with Crippen LogP contribution in [0.25, 0.3) is 0 Å². The van der Waals surface area contributed by atoms with Gasteiger partial charge >= 0.3 is 11.9 Å². The summed E-state index contributed by atoms with van der Waals surface area (Å²) in [4.78, 5) is 21.7. The number of aromatic nitrogens is 2. The highest BCUT2D eigenvalue weighted by Crippen LogP contribution is 2.13. The number of nitrogens with one attached hydrogen (secondary N) is 1. The van der Waals surface area contributed by atoms with E-state index in [1.54, 1.807) is 0 Å². The molecule has 1 aromatic heterocycles. The molecule has 1 heterocycles. The highest BCUT2D eigenvalue weighted by atomic mass is 16.5. The fraction of sp³-hybridized carbons (Fsp3) is 0.0833. The van der Waals surface area contributed by atoms with Crippen molar-refractivity contribution in [3.05, 3.63) is 47.7 Å². The monoisotopic (exact) mass is 271 g/mol. The number of nitrogen functional groups attached to an aromatic ring is 1. The van der Waals surface area contributed by atoms with Crippen LogP contribution in [-0.4, -0.2) is 15.9 Å².